The summed E-state index contributed by atoms with van der Waals surface area (Å²) in [5, 5.41) is 22.2. The molecular formula is C36H36Cl2F2N6. The molecule has 7 rings (SSSR count). The van der Waals surface area contributed by atoms with E-state index >= 15 is 0 Å². The van der Waals surface area contributed by atoms with E-state index in [0.29, 0.717) is 45.1 Å². The van der Waals surface area contributed by atoms with Gasteiger partial charge in [-0.1, -0.05) is 110 Å². The Balaban J connectivity index is 0.000000164. The van der Waals surface area contributed by atoms with Gasteiger partial charge < -0.3 is 10.6 Å². The van der Waals surface area contributed by atoms with Crippen LogP contribution in [-0.4, -0.2) is 33.5 Å². The molecule has 0 atom stereocenters. The lowest BCUT2D eigenvalue weighted by atomic mass is 9.89. The Morgan fingerprint density at radius 1 is 0.717 bits per heavy atom. The minimum Gasteiger partial charge on any atom is -0.368 e. The molecule has 238 valence electrons. The number of nitrogens with one attached hydrogen (secondary N) is 4. The quantitative estimate of drug-likeness (QED) is 0.131. The lowest BCUT2D eigenvalue weighted by Crippen LogP contribution is -2.17. The molecule has 6 aromatic rings. The first-order valence-corrected chi connectivity index (χ1v) is 16.5. The van der Waals surface area contributed by atoms with E-state index < -0.39 is 11.6 Å². The summed E-state index contributed by atoms with van der Waals surface area (Å²) in [5.41, 5.74) is 3.82. The van der Waals surface area contributed by atoms with Crippen LogP contribution in [-0.2, 0) is 0 Å². The zero-order chi connectivity index (χ0) is 32.0. The maximum atomic E-state index is 14.7. The molecule has 0 bridgehead atoms. The summed E-state index contributed by atoms with van der Waals surface area (Å²) in [5.74, 6) is 1.11. The number of H-pyrrole nitrogens is 2. The van der Waals surface area contributed by atoms with Gasteiger partial charge in [0.25, 0.3) is 0 Å². The van der Waals surface area contributed by atoms with E-state index in [1.807, 2.05) is 72.8 Å². The monoisotopic (exact) mass is 660 g/mol. The van der Waals surface area contributed by atoms with Crippen molar-refractivity contribution in [2.24, 2.45) is 5.92 Å². The number of anilines is 2. The molecule has 6 nitrogen and oxygen atoms in total. The summed E-state index contributed by atoms with van der Waals surface area (Å²) >= 11 is 12.4. The normalized spacial score (nSPS) is 13.5. The maximum Gasteiger partial charge on any atom is 0.168 e. The van der Waals surface area contributed by atoms with Crippen molar-refractivity contribution >= 4 is 56.6 Å². The fourth-order valence-electron chi connectivity index (χ4n) is 5.99. The van der Waals surface area contributed by atoms with Gasteiger partial charge in [0.1, 0.15) is 11.0 Å². The van der Waals surface area contributed by atoms with E-state index in [-0.39, 0.29) is 10.0 Å². The van der Waals surface area contributed by atoms with Crippen LogP contribution in [0.3, 0.4) is 0 Å². The summed E-state index contributed by atoms with van der Waals surface area (Å²) in [6, 6.07) is 23.0. The van der Waals surface area contributed by atoms with Crippen LogP contribution in [0.4, 0.5) is 20.4 Å². The minimum absolute atomic E-state index is 0.111. The molecule has 10 heteroatoms. The van der Waals surface area contributed by atoms with Crippen molar-refractivity contribution in [1.29, 1.82) is 0 Å². The Hall–Kier alpha value is -4.14. The van der Waals surface area contributed by atoms with Crippen molar-refractivity contribution < 1.29 is 8.78 Å². The molecule has 0 unspecified atom stereocenters. The molecule has 4 aromatic carbocycles. The fourth-order valence-corrected chi connectivity index (χ4v) is 6.51. The number of fused-ring (bicyclic) bond motifs is 2. The minimum atomic E-state index is -0.468. The van der Waals surface area contributed by atoms with Crippen molar-refractivity contribution in [2.75, 3.05) is 23.7 Å². The highest BCUT2D eigenvalue weighted by atomic mass is 35.5. The Morgan fingerprint density at radius 2 is 1.20 bits per heavy atom. The van der Waals surface area contributed by atoms with Crippen molar-refractivity contribution in [3.05, 3.63) is 94.5 Å². The van der Waals surface area contributed by atoms with Crippen LogP contribution in [0.15, 0.2) is 72.8 Å². The van der Waals surface area contributed by atoms with Gasteiger partial charge in [-0.3, -0.25) is 10.2 Å². The van der Waals surface area contributed by atoms with E-state index in [2.05, 4.69) is 38.0 Å². The topological polar surface area (TPSA) is 81.4 Å². The van der Waals surface area contributed by atoms with Crippen molar-refractivity contribution in [2.45, 2.75) is 45.4 Å². The standard InChI is InChI=1S/C20H21ClFN3.C16H15ClFN3/c21-17-15(14-9-5-2-6-10-14)11-16-19(18(17)22)24-25-20(16)23-12-13-7-3-1-4-8-13;1-2-8-19-16-12-9-11(10-6-4-3-5-7-10)13(17)14(18)15(12)20-21-16/h2,5-6,9-11,13H,1,3-4,7-8,12H2,(H2,23,24,25);3-7,9H,2,8H2,1H3,(H2,19,20,21). The lowest BCUT2D eigenvalue weighted by Gasteiger charge is -2.21. The molecule has 0 saturated heterocycles. The molecule has 4 N–H and O–H groups in total. The zero-order valence-corrected chi connectivity index (χ0v) is 27.1. The number of rotatable bonds is 8. The van der Waals surface area contributed by atoms with Crippen LogP contribution < -0.4 is 10.6 Å². The molecule has 2 aromatic heterocycles. The Labute approximate surface area is 276 Å². The van der Waals surface area contributed by atoms with Gasteiger partial charge >= 0.3 is 0 Å². The summed E-state index contributed by atoms with van der Waals surface area (Å²) < 4.78 is 29.2. The summed E-state index contributed by atoms with van der Waals surface area (Å²) in [6.07, 6.45) is 7.42. The van der Waals surface area contributed by atoms with Gasteiger partial charge in [-0.05, 0) is 48.4 Å². The van der Waals surface area contributed by atoms with E-state index in [1.165, 1.54) is 32.1 Å². The Kier molecular flexibility index (Phi) is 10.0. The third kappa shape index (κ3) is 6.69. The SMILES string of the molecule is CCCNc1n[nH]c2c(F)c(Cl)c(-c3ccccc3)cc12.Fc1c(Cl)c(-c2ccccc2)cc2c(NCC3CCCCC3)n[nH]c12. The van der Waals surface area contributed by atoms with Crippen LogP contribution in [0.25, 0.3) is 44.1 Å². The molecule has 1 aliphatic rings. The molecule has 1 fully saturated rings. The van der Waals surface area contributed by atoms with E-state index in [1.54, 1.807) is 0 Å². The van der Waals surface area contributed by atoms with E-state index in [0.717, 1.165) is 36.0 Å². The first kappa shape index (κ1) is 31.8. The summed E-state index contributed by atoms with van der Waals surface area (Å²) in [7, 11) is 0. The van der Waals surface area contributed by atoms with Crippen LogP contribution in [0.2, 0.25) is 10.0 Å². The van der Waals surface area contributed by atoms with Gasteiger partial charge in [0.15, 0.2) is 23.3 Å². The molecule has 1 aliphatic carbocycles. The molecule has 46 heavy (non-hydrogen) atoms. The largest absolute Gasteiger partial charge is 0.368 e. The molecule has 0 spiro atoms. The highest BCUT2D eigenvalue weighted by Gasteiger charge is 2.20. The molecule has 0 radical (unpaired) electrons. The third-order valence-corrected chi connectivity index (χ3v) is 9.22. The van der Waals surface area contributed by atoms with Crippen LogP contribution >= 0.6 is 23.2 Å². The van der Waals surface area contributed by atoms with E-state index in [9.17, 15) is 8.78 Å². The second-order valence-electron chi connectivity index (χ2n) is 11.6. The van der Waals surface area contributed by atoms with Crippen LogP contribution in [0.1, 0.15) is 45.4 Å². The number of aromatic amines is 2. The van der Waals surface area contributed by atoms with Gasteiger partial charge in [-0.25, -0.2) is 8.78 Å². The van der Waals surface area contributed by atoms with Gasteiger partial charge in [0.05, 0.1) is 10.0 Å². The molecule has 2 heterocycles. The van der Waals surface area contributed by atoms with Gasteiger partial charge in [0.2, 0.25) is 0 Å². The van der Waals surface area contributed by atoms with Gasteiger partial charge in [0, 0.05) is 35.0 Å². The lowest BCUT2D eigenvalue weighted by molar-refractivity contribution is 0.373. The fraction of sp³-hybridized carbons (Fsp3) is 0.278. The molecule has 0 amide bonds. The number of nitrogens with zero attached hydrogens (tertiary/aromatic N) is 2. The Bertz CT molecular complexity index is 1920. The third-order valence-electron chi connectivity index (χ3n) is 8.48. The summed E-state index contributed by atoms with van der Waals surface area (Å²) in [4.78, 5) is 0. The van der Waals surface area contributed by atoms with Crippen molar-refractivity contribution in [3.8, 4) is 22.3 Å². The summed E-state index contributed by atoms with van der Waals surface area (Å²) in [6.45, 7) is 3.73. The van der Waals surface area contributed by atoms with Crippen molar-refractivity contribution in [1.82, 2.24) is 20.4 Å². The van der Waals surface area contributed by atoms with Gasteiger partial charge in [-0.15, -0.1) is 0 Å². The molecule has 0 aliphatic heterocycles. The predicted molar refractivity (Wildman–Crippen MR) is 187 cm³/mol. The first-order valence-electron chi connectivity index (χ1n) is 15.8. The second kappa shape index (κ2) is 14.5. The van der Waals surface area contributed by atoms with E-state index in [4.69, 9.17) is 23.2 Å². The van der Waals surface area contributed by atoms with Gasteiger partial charge in [-0.2, -0.15) is 10.2 Å². The highest BCUT2D eigenvalue weighted by molar-refractivity contribution is 6.35. The maximum absolute atomic E-state index is 14.7. The number of hydrogen-bond acceptors (Lipinski definition) is 4. The number of benzene rings is 4. The zero-order valence-electron chi connectivity index (χ0n) is 25.6. The van der Waals surface area contributed by atoms with Crippen molar-refractivity contribution in [3.63, 3.8) is 0 Å². The molecule has 1 saturated carbocycles. The average Bonchev–Trinajstić information content (AvgIpc) is 3.71. The van der Waals surface area contributed by atoms with Crippen LogP contribution in [0.5, 0.6) is 0 Å². The number of aromatic nitrogens is 4. The number of hydrogen-bond donors (Lipinski definition) is 4. The smallest absolute Gasteiger partial charge is 0.168 e. The molecular weight excluding hydrogens is 625 g/mol. The average molecular weight is 662 g/mol. The second-order valence-corrected chi connectivity index (χ2v) is 12.4. The first-order chi connectivity index (χ1) is 22.5. The predicted octanol–water partition coefficient (Wildman–Crippen LogP) is 10.9. The van der Waals surface area contributed by atoms with Crippen LogP contribution in [0, 0.1) is 17.6 Å². The Morgan fingerprint density at radius 3 is 1.67 bits per heavy atom. The number of halogens is 4. The highest BCUT2D eigenvalue weighted by Crippen LogP contribution is 2.38.